The number of nitrogens with zero attached hydrogens (tertiary/aromatic N) is 1. The van der Waals surface area contributed by atoms with E-state index in [0.717, 1.165) is 0 Å². The molecule has 1 aliphatic rings. The summed E-state index contributed by atoms with van der Waals surface area (Å²) in [6.45, 7) is 1.97. The molecule has 0 spiro atoms. The van der Waals surface area contributed by atoms with Gasteiger partial charge in [-0.3, -0.25) is 0 Å². The highest BCUT2D eigenvalue weighted by Crippen LogP contribution is 2.39. The Kier molecular flexibility index (Phi) is 6.48. The van der Waals surface area contributed by atoms with Gasteiger partial charge in [0, 0.05) is 5.56 Å². The van der Waals surface area contributed by atoms with Gasteiger partial charge in [-0.1, -0.05) is 65.3 Å². The average Bonchev–Trinajstić information content (AvgIpc) is 3.17. The lowest BCUT2D eigenvalue weighted by atomic mass is 10.0. The number of hydrogen-bond donors (Lipinski definition) is 0. The van der Waals surface area contributed by atoms with E-state index in [1.165, 1.54) is 24.3 Å². The van der Waals surface area contributed by atoms with Crippen LogP contribution in [0.2, 0.25) is 5.02 Å². The molecule has 0 bridgehead atoms. The molecular formula is C24H18ClNO6S. The summed E-state index contributed by atoms with van der Waals surface area (Å²) in [6, 6.07) is 19.8. The highest BCUT2D eigenvalue weighted by atomic mass is 35.5. The van der Waals surface area contributed by atoms with E-state index in [1.807, 2.05) is 18.2 Å². The van der Waals surface area contributed by atoms with Gasteiger partial charge < -0.3 is 13.8 Å². The second-order valence-electron chi connectivity index (χ2n) is 6.86. The van der Waals surface area contributed by atoms with E-state index in [4.69, 9.17) is 25.4 Å². The molecule has 0 atom stereocenters. The largest absolute Gasteiger partial charge is 0.490 e. The maximum absolute atomic E-state index is 12.7. The Morgan fingerprint density at radius 2 is 1.70 bits per heavy atom. The molecular weight excluding hydrogens is 466 g/mol. The molecule has 0 amide bonds. The van der Waals surface area contributed by atoms with Gasteiger partial charge in [0.2, 0.25) is 5.75 Å². The number of oxime groups is 1. The van der Waals surface area contributed by atoms with E-state index >= 15 is 0 Å². The molecule has 0 saturated heterocycles. The molecule has 168 valence electrons. The highest BCUT2D eigenvalue weighted by molar-refractivity contribution is 7.87. The second-order valence-corrected chi connectivity index (χ2v) is 8.81. The van der Waals surface area contributed by atoms with Crippen molar-refractivity contribution < 1.29 is 27.0 Å². The number of benzene rings is 3. The monoisotopic (exact) mass is 483 g/mol. The SMILES string of the molecule is CCOc1cc(/C=C2\C(=O)ON=C2c2ccccc2)cc(Cl)c1OS(=O)(=O)c1ccccc1. The van der Waals surface area contributed by atoms with Crippen LogP contribution in [0.1, 0.15) is 18.1 Å². The fourth-order valence-corrected chi connectivity index (χ4v) is 4.42. The summed E-state index contributed by atoms with van der Waals surface area (Å²) in [4.78, 5) is 17.1. The Hall–Kier alpha value is -3.62. The smallest absolute Gasteiger partial charge is 0.368 e. The van der Waals surface area contributed by atoms with Crippen LogP contribution in [0, 0.1) is 0 Å². The quantitative estimate of drug-likeness (QED) is 0.271. The van der Waals surface area contributed by atoms with Gasteiger partial charge in [-0.15, -0.1) is 0 Å². The van der Waals surface area contributed by atoms with Gasteiger partial charge >= 0.3 is 16.1 Å². The minimum Gasteiger partial charge on any atom is -0.490 e. The summed E-state index contributed by atoms with van der Waals surface area (Å²) in [5.41, 5.74) is 1.79. The number of rotatable bonds is 7. The third kappa shape index (κ3) is 4.92. The second kappa shape index (κ2) is 9.48. The molecule has 0 aliphatic carbocycles. The van der Waals surface area contributed by atoms with Gasteiger partial charge in [-0.2, -0.15) is 8.42 Å². The third-order valence-corrected chi connectivity index (χ3v) is 6.13. The van der Waals surface area contributed by atoms with E-state index in [9.17, 15) is 13.2 Å². The summed E-state index contributed by atoms with van der Waals surface area (Å²) < 4.78 is 36.3. The lowest BCUT2D eigenvalue weighted by Crippen LogP contribution is -2.11. The van der Waals surface area contributed by atoms with Crippen molar-refractivity contribution in [1.29, 1.82) is 0 Å². The Balaban J connectivity index is 1.73. The van der Waals surface area contributed by atoms with E-state index in [-0.39, 0.29) is 33.6 Å². The molecule has 3 aromatic carbocycles. The molecule has 0 N–H and O–H groups in total. The first-order chi connectivity index (χ1) is 15.9. The van der Waals surface area contributed by atoms with Gasteiger partial charge in [0.15, 0.2) is 5.75 Å². The Labute approximate surface area is 196 Å². The first-order valence-electron chi connectivity index (χ1n) is 9.91. The molecule has 1 aliphatic heterocycles. The summed E-state index contributed by atoms with van der Waals surface area (Å²) in [5.74, 6) is -0.647. The summed E-state index contributed by atoms with van der Waals surface area (Å²) in [5, 5.41) is 3.87. The van der Waals surface area contributed by atoms with Crippen molar-refractivity contribution >= 4 is 39.5 Å². The van der Waals surface area contributed by atoms with Crippen molar-refractivity contribution in [3.63, 3.8) is 0 Å². The van der Waals surface area contributed by atoms with E-state index < -0.39 is 16.1 Å². The van der Waals surface area contributed by atoms with Crippen LogP contribution in [0.15, 0.2) is 88.4 Å². The normalized spacial score (nSPS) is 14.7. The van der Waals surface area contributed by atoms with Crippen LogP contribution in [-0.4, -0.2) is 26.7 Å². The first kappa shape index (κ1) is 22.6. The molecule has 0 saturated carbocycles. The number of carbonyl (C=O) groups is 1. The minimum atomic E-state index is -4.14. The van der Waals surface area contributed by atoms with Crippen molar-refractivity contribution in [1.82, 2.24) is 0 Å². The van der Waals surface area contributed by atoms with Gasteiger partial charge in [-0.05, 0) is 42.8 Å². The van der Waals surface area contributed by atoms with Crippen LogP contribution in [0.5, 0.6) is 11.5 Å². The third-order valence-electron chi connectivity index (χ3n) is 4.61. The van der Waals surface area contributed by atoms with E-state index in [1.54, 1.807) is 43.3 Å². The summed E-state index contributed by atoms with van der Waals surface area (Å²) >= 11 is 6.39. The van der Waals surface area contributed by atoms with Crippen molar-refractivity contribution in [3.05, 3.63) is 94.5 Å². The Morgan fingerprint density at radius 1 is 1.03 bits per heavy atom. The number of hydrogen-bond acceptors (Lipinski definition) is 7. The van der Waals surface area contributed by atoms with E-state index in [2.05, 4.69) is 5.16 Å². The van der Waals surface area contributed by atoms with Gasteiger partial charge in [0.05, 0.1) is 17.2 Å². The molecule has 33 heavy (non-hydrogen) atoms. The molecule has 0 unspecified atom stereocenters. The van der Waals surface area contributed by atoms with E-state index in [0.29, 0.717) is 16.8 Å². The topological polar surface area (TPSA) is 91.3 Å². The maximum atomic E-state index is 12.7. The molecule has 0 radical (unpaired) electrons. The van der Waals surface area contributed by atoms with Gasteiger partial charge in [0.25, 0.3) is 0 Å². The molecule has 9 heteroatoms. The molecule has 0 fully saturated rings. The summed E-state index contributed by atoms with van der Waals surface area (Å²) in [6.07, 6.45) is 1.55. The number of ether oxygens (including phenoxy) is 1. The molecule has 3 aromatic rings. The van der Waals surface area contributed by atoms with Crippen LogP contribution < -0.4 is 8.92 Å². The van der Waals surface area contributed by atoms with Crippen LogP contribution >= 0.6 is 11.6 Å². The first-order valence-corrected chi connectivity index (χ1v) is 11.7. The zero-order chi connectivity index (χ0) is 23.4. The standard InChI is InChI=1S/C24H18ClNO6S/c1-2-30-21-15-16(13-19-22(26-31-24(19)27)17-9-5-3-6-10-17)14-20(25)23(21)32-33(28,29)18-11-7-4-8-12-18/h3-15H,2H2,1H3/b19-13-. The fraction of sp³-hybridized carbons (Fsp3) is 0.0833. The van der Waals surface area contributed by atoms with Gasteiger partial charge in [-0.25, -0.2) is 4.79 Å². The lowest BCUT2D eigenvalue weighted by molar-refractivity contribution is -0.136. The van der Waals surface area contributed by atoms with Crippen LogP contribution in [-0.2, 0) is 19.8 Å². The lowest BCUT2D eigenvalue weighted by Gasteiger charge is -2.14. The fourth-order valence-electron chi connectivity index (χ4n) is 3.14. The molecule has 0 aromatic heterocycles. The average molecular weight is 484 g/mol. The maximum Gasteiger partial charge on any atom is 0.368 e. The van der Waals surface area contributed by atoms with Crippen molar-refractivity contribution in [2.45, 2.75) is 11.8 Å². The number of halogens is 1. The van der Waals surface area contributed by atoms with Gasteiger partial charge in [0.1, 0.15) is 10.6 Å². The van der Waals surface area contributed by atoms with Crippen LogP contribution in [0.4, 0.5) is 0 Å². The van der Waals surface area contributed by atoms with Crippen LogP contribution in [0.3, 0.4) is 0 Å². The Morgan fingerprint density at radius 3 is 2.36 bits per heavy atom. The Bertz CT molecular complexity index is 1350. The van der Waals surface area contributed by atoms with Crippen LogP contribution in [0.25, 0.3) is 6.08 Å². The zero-order valence-corrected chi connectivity index (χ0v) is 19.0. The summed E-state index contributed by atoms with van der Waals surface area (Å²) in [7, 11) is -4.14. The molecule has 7 nitrogen and oxygen atoms in total. The predicted molar refractivity (Wildman–Crippen MR) is 124 cm³/mol. The molecule has 4 rings (SSSR count). The van der Waals surface area contributed by atoms with Crippen molar-refractivity contribution in [2.24, 2.45) is 5.16 Å². The van der Waals surface area contributed by atoms with Crippen molar-refractivity contribution in [3.8, 4) is 11.5 Å². The zero-order valence-electron chi connectivity index (χ0n) is 17.4. The number of carbonyl (C=O) groups excluding carboxylic acids is 1. The highest BCUT2D eigenvalue weighted by Gasteiger charge is 2.27. The minimum absolute atomic E-state index is 0.00290. The van der Waals surface area contributed by atoms with Crippen molar-refractivity contribution in [2.75, 3.05) is 6.61 Å². The molecule has 1 heterocycles. The predicted octanol–water partition coefficient (Wildman–Crippen LogP) is 4.85.